The molecular weight excluding hydrogens is 245 g/mol. The second kappa shape index (κ2) is 7.77. The number of aliphatic carboxylic acids is 1. The van der Waals surface area contributed by atoms with Gasteiger partial charge in [0.1, 0.15) is 5.82 Å². The van der Waals surface area contributed by atoms with Crippen LogP contribution in [0.1, 0.15) is 33.1 Å². The van der Waals surface area contributed by atoms with Crippen LogP contribution in [0, 0.1) is 11.7 Å². The molecule has 0 saturated heterocycles. The summed E-state index contributed by atoms with van der Waals surface area (Å²) in [5.74, 6) is -1.58. The first kappa shape index (κ1) is 15.5. The van der Waals surface area contributed by atoms with Crippen LogP contribution in [-0.2, 0) is 4.79 Å². The second-order valence-electron chi connectivity index (χ2n) is 4.87. The van der Waals surface area contributed by atoms with Gasteiger partial charge < -0.3 is 10.0 Å². The first-order valence-electron chi connectivity index (χ1n) is 6.78. The smallest absolute Gasteiger partial charge is 0.308 e. The Hall–Kier alpha value is -1.58. The van der Waals surface area contributed by atoms with Crippen LogP contribution in [0.3, 0.4) is 0 Å². The lowest BCUT2D eigenvalue weighted by Crippen LogP contribution is -2.32. The van der Waals surface area contributed by atoms with Gasteiger partial charge in [-0.15, -0.1) is 0 Å². The Morgan fingerprint density at radius 1 is 1.42 bits per heavy atom. The van der Waals surface area contributed by atoms with Gasteiger partial charge in [0.2, 0.25) is 0 Å². The van der Waals surface area contributed by atoms with Gasteiger partial charge >= 0.3 is 5.97 Å². The molecule has 0 spiro atoms. The SMILES string of the molecule is CCCCCN(CC(C)C(=O)O)c1cccc(F)c1. The molecule has 1 aromatic carbocycles. The molecule has 3 nitrogen and oxygen atoms in total. The molecule has 1 aromatic rings. The predicted octanol–water partition coefficient (Wildman–Crippen LogP) is 3.54. The second-order valence-corrected chi connectivity index (χ2v) is 4.87. The molecule has 0 aromatic heterocycles. The standard InChI is InChI=1S/C15H22FNO2/c1-3-4-5-9-17(11-12(2)15(18)19)14-8-6-7-13(16)10-14/h6-8,10,12H,3-5,9,11H2,1-2H3,(H,18,19). The van der Waals surface area contributed by atoms with Gasteiger partial charge in [-0.1, -0.05) is 32.8 Å². The summed E-state index contributed by atoms with van der Waals surface area (Å²) in [5, 5.41) is 9.00. The van der Waals surface area contributed by atoms with E-state index in [1.165, 1.54) is 12.1 Å². The average molecular weight is 267 g/mol. The number of benzene rings is 1. The van der Waals surface area contributed by atoms with Gasteiger partial charge in [-0.25, -0.2) is 4.39 Å². The summed E-state index contributed by atoms with van der Waals surface area (Å²) in [4.78, 5) is 12.9. The molecule has 0 saturated carbocycles. The van der Waals surface area contributed by atoms with Crippen LogP contribution in [0.4, 0.5) is 10.1 Å². The molecule has 0 amide bonds. The number of carboxylic acid groups (broad SMARTS) is 1. The zero-order valence-corrected chi connectivity index (χ0v) is 11.6. The molecule has 0 heterocycles. The Labute approximate surface area is 114 Å². The summed E-state index contributed by atoms with van der Waals surface area (Å²) < 4.78 is 13.3. The minimum absolute atomic E-state index is 0.291. The zero-order chi connectivity index (χ0) is 14.3. The predicted molar refractivity (Wildman–Crippen MR) is 74.9 cm³/mol. The Bertz CT molecular complexity index is 409. The quantitative estimate of drug-likeness (QED) is 0.732. The van der Waals surface area contributed by atoms with E-state index in [4.69, 9.17) is 5.11 Å². The van der Waals surface area contributed by atoms with E-state index >= 15 is 0 Å². The highest BCUT2D eigenvalue weighted by molar-refractivity contribution is 5.70. The number of nitrogens with zero attached hydrogens (tertiary/aromatic N) is 1. The molecular formula is C15H22FNO2. The topological polar surface area (TPSA) is 40.5 Å². The number of anilines is 1. The number of rotatable bonds is 8. The monoisotopic (exact) mass is 267 g/mol. The largest absolute Gasteiger partial charge is 0.481 e. The number of carboxylic acids is 1. The van der Waals surface area contributed by atoms with Crippen molar-refractivity contribution in [1.29, 1.82) is 0 Å². The molecule has 0 radical (unpaired) electrons. The van der Waals surface area contributed by atoms with Crippen LogP contribution in [0.25, 0.3) is 0 Å². The number of halogens is 1. The summed E-state index contributed by atoms with van der Waals surface area (Å²) in [6, 6.07) is 6.33. The molecule has 106 valence electrons. The lowest BCUT2D eigenvalue weighted by Gasteiger charge is -2.26. The Morgan fingerprint density at radius 2 is 2.16 bits per heavy atom. The van der Waals surface area contributed by atoms with Gasteiger partial charge in [0, 0.05) is 18.8 Å². The summed E-state index contributed by atoms with van der Waals surface area (Å²) in [5.41, 5.74) is 0.754. The fourth-order valence-corrected chi connectivity index (χ4v) is 1.96. The normalized spacial score (nSPS) is 12.2. The lowest BCUT2D eigenvalue weighted by molar-refractivity contribution is -0.140. The maximum atomic E-state index is 13.3. The highest BCUT2D eigenvalue weighted by Crippen LogP contribution is 2.18. The van der Waals surface area contributed by atoms with E-state index in [0.29, 0.717) is 6.54 Å². The van der Waals surface area contributed by atoms with Gasteiger partial charge in [0.25, 0.3) is 0 Å². The van der Waals surface area contributed by atoms with Crippen molar-refractivity contribution in [3.8, 4) is 0 Å². The maximum absolute atomic E-state index is 13.3. The van der Waals surface area contributed by atoms with Crippen molar-refractivity contribution >= 4 is 11.7 Å². The van der Waals surface area contributed by atoms with Gasteiger partial charge in [-0.2, -0.15) is 0 Å². The Balaban J connectivity index is 2.76. The third kappa shape index (κ3) is 5.28. The van der Waals surface area contributed by atoms with Crippen LogP contribution in [0.5, 0.6) is 0 Å². The van der Waals surface area contributed by atoms with Crippen molar-refractivity contribution in [2.75, 3.05) is 18.0 Å². The number of carbonyl (C=O) groups is 1. The minimum Gasteiger partial charge on any atom is -0.481 e. The molecule has 0 fully saturated rings. The number of hydrogen-bond donors (Lipinski definition) is 1. The number of unbranched alkanes of at least 4 members (excludes halogenated alkanes) is 2. The van der Waals surface area contributed by atoms with Gasteiger partial charge in [-0.05, 0) is 24.6 Å². The van der Waals surface area contributed by atoms with E-state index in [1.807, 2.05) is 11.0 Å². The molecule has 0 bridgehead atoms. The lowest BCUT2D eigenvalue weighted by atomic mass is 10.1. The molecule has 4 heteroatoms. The fraction of sp³-hybridized carbons (Fsp3) is 0.533. The third-order valence-corrected chi connectivity index (χ3v) is 3.12. The van der Waals surface area contributed by atoms with Gasteiger partial charge in [-0.3, -0.25) is 4.79 Å². The van der Waals surface area contributed by atoms with Crippen molar-refractivity contribution in [1.82, 2.24) is 0 Å². The summed E-state index contributed by atoms with van der Waals surface area (Å²) in [7, 11) is 0. The minimum atomic E-state index is -0.822. The molecule has 1 unspecified atom stereocenters. The summed E-state index contributed by atoms with van der Waals surface area (Å²) in [6.45, 7) is 4.96. The van der Waals surface area contributed by atoms with E-state index in [-0.39, 0.29) is 5.82 Å². The van der Waals surface area contributed by atoms with Crippen LogP contribution in [0.2, 0.25) is 0 Å². The molecule has 19 heavy (non-hydrogen) atoms. The maximum Gasteiger partial charge on any atom is 0.308 e. The van der Waals surface area contributed by atoms with E-state index < -0.39 is 11.9 Å². The molecule has 1 N–H and O–H groups in total. The number of hydrogen-bond acceptors (Lipinski definition) is 2. The van der Waals surface area contributed by atoms with Crippen molar-refractivity contribution in [2.45, 2.75) is 33.1 Å². The first-order chi connectivity index (χ1) is 9.04. The Morgan fingerprint density at radius 3 is 2.74 bits per heavy atom. The van der Waals surface area contributed by atoms with Crippen molar-refractivity contribution in [3.63, 3.8) is 0 Å². The zero-order valence-electron chi connectivity index (χ0n) is 11.6. The fourth-order valence-electron chi connectivity index (χ4n) is 1.96. The Kier molecular flexibility index (Phi) is 6.33. The summed E-state index contributed by atoms with van der Waals surface area (Å²) >= 11 is 0. The van der Waals surface area contributed by atoms with Crippen molar-refractivity contribution in [3.05, 3.63) is 30.1 Å². The van der Waals surface area contributed by atoms with E-state index in [2.05, 4.69) is 6.92 Å². The molecule has 0 aliphatic rings. The highest BCUT2D eigenvalue weighted by atomic mass is 19.1. The van der Waals surface area contributed by atoms with Gasteiger partial charge in [0.05, 0.1) is 5.92 Å². The molecule has 1 atom stereocenters. The van der Waals surface area contributed by atoms with Crippen LogP contribution >= 0.6 is 0 Å². The summed E-state index contributed by atoms with van der Waals surface area (Å²) in [6.07, 6.45) is 3.18. The average Bonchev–Trinajstić information content (AvgIpc) is 2.37. The third-order valence-electron chi connectivity index (χ3n) is 3.12. The molecule has 0 aliphatic carbocycles. The highest BCUT2D eigenvalue weighted by Gasteiger charge is 2.16. The molecule has 0 aliphatic heterocycles. The van der Waals surface area contributed by atoms with Crippen molar-refractivity contribution < 1.29 is 14.3 Å². The van der Waals surface area contributed by atoms with E-state index in [9.17, 15) is 9.18 Å². The molecule has 1 rings (SSSR count). The van der Waals surface area contributed by atoms with Crippen LogP contribution in [-0.4, -0.2) is 24.2 Å². The van der Waals surface area contributed by atoms with Crippen molar-refractivity contribution in [2.24, 2.45) is 5.92 Å². The van der Waals surface area contributed by atoms with E-state index in [1.54, 1.807) is 13.0 Å². The van der Waals surface area contributed by atoms with E-state index in [0.717, 1.165) is 31.5 Å². The first-order valence-corrected chi connectivity index (χ1v) is 6.78. The van der Waals surface area contributed by atoms with Crippen LogP contribution in [0.15, 0.2) is 24.3 Å². The van der Waals surface area contributed by atoms with Crippen LogP contribution < -0.4 is 4.90 Å². The van der Waals surface area contributed by atoms with Gasteiger partial charge in [0.15, 0.2) is 0 Å².